The lowest BCUT2D eigenvalue weighted by Gasteiger charge is -2.35. The Morgan fingerprint density at radius 1 is 1.23 bits per heavy atom. The highest BCUT2D eigenvalue weighted by Gasteiger charge is 2.38. The van der Waals surface area contributed by atoms with E-state index in [1.54, 1.807) is 7.11 Å². The minimum Gasteiger partial charge on any atom is -0.492 e. The lowest BCUT2D eigenvalue weighted by Crippen LogP contribution is -2.35. The fourth-order valence-corrected chi connectivity index (χ4v) is 4.55. The highest BCUT2D eigenvalue weighted by atomic mass is 16.7. The minimum absolute atomic E-state index is 0.0567. The third kappa shape index (κ3) is 2.28. The molecular weight excluding hydrogens is 334 g/mol. The van der Waals surface area contributed by atoms with Crippen molar-refractivity contribution in [3.8, 4) is 17.2 Å². The van der Waals surface area contributed by atoms with Crippen LogP contribution in [0.5, 0.6) is 17.2 Å². The average Bonchev–Trinajstić information content (AvgIpc) is 3.39. The highest BCUT2D eigenvalue weighted by molar-refractivity contribution is 5.62. The molecule has 0 N–H and O–H groups in total. The normalized spacial score (nSPS) is 22.6. The van der Waals surface area contributed by atoms with E-state index in [1.807, 2.05) is 4.68 Å². The molecule has 1 unspecified atom stereocenters. The first-order valence-corrected chi connectivity index (χ1v) is 9.25. The van der Waals surface area contributed by atoms with Gasteiger partial charge in [-0.05, 0) is 48.4 Å². The van der Waals surface area contributed by atoms with Crippen molar-refractivity contribution < 1.29 is 14.2 Å². The van der Waals surface area contributed by atoms with Crippen LogP contribution in [-0.4, -0.2) is 52.6 Å². The summed E-state index contributed by atoms with van der Waals surface area (Å²) in [6, 6.07) is 2.42. The maximum Gasteiger partial charge on any atom is 0.231 e. The second-order valence-electron chi connectivity index (χ2n) is 7.27. The Bertz CT molecular complexity index is 830. The molecule has 5 rings (SSSR count). The van der Waals surface area contributed by atoms with Gasteiger partial charge in [-0.1, -0.05) is 12.8 Å². The van der Waals surface area contributed by atoms with E-state index in [1.165, 1.54) is 18.4 Å². The zero-order valence-electron chi connectivity index (χ0n) is 15.1. The van der Waals surface area contributed by atoms with Crippen LogP contribution in [0.25, 0.3) is 0 Å². The Labute approximate surface area is 152 Å². The van der Waals surface area contributed by atoms with Gasteiger partial charge in [0.25, 0.3) is 0 Å². The van der Waals surface area contributed by atoms with Gasteiger partial charge in [0, 0.05) is 12.1 Å². The van der Waals surface area contributed by atoms with Crippen molar-refractivity contribution in [1.82, 2.24) is 25.1 Å². The molecule has 0 radical (unpaired) electrons. The molecule has 1 atom stereocenters. The predicted octanol–water partition coefficient (Wildman–Crippen LogP) is 2.10. The summed E-state index contributed by atoms with van der Waals surface area (Å²) in [6.07, 6.45) is 5.69. The molecule has 3 aliphatic rings. The van der Waals surface area contributed by atoms with E-state index in [0.717, 1.165) is 48.7 Å². The van der Waals surface area contributed by atoms with Crippen LogP contribution in [0.1, 0.15) is 54.7 Å². The summed E-state index contributed by atoms with van der Waals surface area (Å²) in [5.41, 5.74) is 2.31. The first-order valence-electron chi connectivity index (χ1n) is 9.25. The fourth-order valence-electron chi connectivity index (χ4n) is 4.55. The number of methoxy groups -OCH3 is 1. The largest absolute Gasteiger partial charge is 0.492 e. The Balaban J connectivity index is 1.67. The molecule has 8 heteroatoms. The zero-order chi connectivity index (χ0) is 17.7. The molecule has 1 saturated carbocycles. The van der Waals surface area contributed by atoms with Crippen LogP contribution in [0.3, 0.4) is 0 Å². The summed E-state index contributed by atoms with van der Waals surface area (Å²) >= 11 is 0. The average molecular weight is 357 g/mol. The van der Waals surface area contributed by atoms with Crippen LogP contribution in [0.15, 0.2) is 6.07 Å². The molecule has 0 bridgehead atoms. The van der Waals surface area contributed by atoms with Crippen molar-refractivity contribution >= 4 is 0 Å². The molecule has 3 heterocycles. The van der Waals surface area contributed by atoms with Crippen LogP contribution in [0.2, 0.25) is 0 Å². The van der Waals surface area contributed by atoms with Crippen LogP contribution in [0, 0.1) is 0 Å². The van der Waals surface area contributed by atoms with Gasteiger partial charge in [0.1, 0.15) is 6.04 Å². The Hall–Kier alpha value is -2.35. The van der Waals surface area contributed by atoms with E-state index >= 15 is 0 Å². The Morgan fingerprint density at radius 2 is 2.08 bits per heavy atom. The molecule has 0 saturated heterocycles. The molecular formula is C18H23N5O3. The van der Waals surface area contributed by atoms with Gasteiger partial charge in [0.05, 0.1) is 13.2 Å². The first-order chi connectivity index (χ1) is 12.8. The number of fused-ring (bicyclic) bond motifs is 2. The zero-order valence-corrected chi connectivity index (χ0v) is 15.1. The van der Waals surface area contributed by atoms with Gasteiger partial charge in [-0.2, -0.15) is 0 Å². The van der Waals surface area contributed by atoms with Crippen molar-refractivity contribution in [1.29, 1.82) is 0 Å². The predicted molar refractivity (Wildman–Crippen MR) is 92.6 cm³/mol. The monoisotopic (exact) mass is 357 g/mol. The van der Waals surface area contributed by atoms with E-state index in [0.29, 0.717) is 11.8 Å². The van der Waals surface area contributed by atoms with Crippen LogP contribution in [-0.2, 0) is 6.42 Å². The third-order valence-corrected chi connectivity index (χ3v) is 5.83. The lowest BCUT2D eigenvalue weighted by molar-refractivity contribution is 0.170. The van der Waals surface area contributed by atoms with E-state index in [4.69, 9.17) is 14.2 Å². The molecule has 2 aromatic rings. The summed E-state index contributed by atoms with van der Waals surface area (Å²) in [4.78, 5) is 2.30. The van der Waals surface area contributed by atoms with Crippen molar-refractivity contribution in [2.75, 3.05) is 27.5 Å². The molecule has 1 fully saturated rings. The van der Waals surface area contributed by atoms with Gasteiger partial charge in [0.15, 0.2) is 17.3 Å². The molecule has 2 aliphatic heterocycles. The second kappa shape index (κ2) is 6.12. The van der Waals surface area contributed by atoms with Gasteiger partial charge < -0.3 is 14.2 Å². The van der Waals surface area contributed by atoms with E-state index in [-0.39, 0.29) is 12.8 Å². The molecule has 0 amide bonds. The molecule has 26 heavy (non-hydrogen) atoms. The number of hydrogen-bond acceptors (Lipinski definition) is 7. The van der Waals surface area contributed by atoms with E-state index in [2.05, 4.69) is 33.5 Å². The number of ether oxygens (including phenoxy) is 3. The number of likely N-dealkylation sites (N-methyl/N-ethyl adjacent to an activating group) is 1. The fraction of sp³-hybridized carbons (Fsp3) is 0.611. The third-order valence-electron chi connectivity index (χ3n) is 5.83. The Morgan fingerprint density at radius 3 is 2.88 bits per heavy atom. The Kier molecular flexibility index (Phi) is 3.74. The SMILES string of the molecule is COc1c2c(cc3c1C(c1nnnn1C1CCCC1)N(C)CC3)OCO2. The number of aromatic nitrogens is 4. The quantitative estimate of drug-likeness (QED) is 0.833. The van der Waals surface area contributed by atoms with Gasteiger partial charge >= 0.3 is 0 Å². The summed E-state index contributed by atoms with van der Waals surface area (Å²) in [7, 11) is 3.80. The van der Waals surface area contributed by atoms with Gasteiger partial charge in [-0.3, -0.25) is 4.90 Å². The molecule has 8 nitrogen and oxygen atoms in total. The smallest absolute Gasteiger partial charge is 0.231 e. The maximum atomic E-state index is 5.79. The number of hydrogen-bond donors (Lipinski definition) is 0. The van der Waals surface area contributed by atoms with Crippen LogP contribution < -0.4 is 14.2 Å². The van der Waals surface area contributed by atoms with Crippen LogP contribution in [0.4, 0.5) is 0 Å². The molecule has 1 aromatic heterocycles. The number of tetrazole rings is 1. The van der Waals surface area contributed by atoms with E-state index < -0.39 is 0 Å². The summed E-state index contributed by atoms with van der Waals surface area (Å²) in [6.45, 7) is 1.16. The van der Waals surface area contributed by atoms with Gasteiger partial charge in [0.2, 0.25) is 12.5 Å². The first kappa shape index (κ1) is 15.9. The van der Waals surface area contributed by atoms with Crippen molar-refractivity contribution in [3.05, 3.63) is 23.0 Å². The molecule has 1 aromatic carbocycles. The van der Waals surface area contributed by atoms with Gasteiger partial charge in [-0.15, -0.1) is 5.10 Å². The van der Waals surface area contributed by atoms with Crippen molar-refractivity contribution in [2.24, 2.45) is 0 Å². The maximum absolute atomic E-state index is 5.79. The second-order valence-corrected chi connectivity index (χ2v) is 7.27. The summed E-state index contributed by atoms with van der Waals surface area (Å²) in [5, 5.41) is 12.8. The number of rotatable bonds is 3. The standard InChI is InChI=1S/C18H23N5O3/c1-22-8-7-11-9-13-16(26-10-25-13)17(24-2)14(11)15(22)18-19-20-21-23(18)12-5-3-4-6-12/h9,12,15H,3-8,10H2,1-2H3. The molecule has 1 aliphatic carbocycles. The highest BCUT2D eigenvalue weighted by Crippen LogP contribution is 2.50. The summed E-state index contributed by atoms with van der Waals surface area (Å²) < 4.78 is 19.1. The summed E-state index contributed by atoms with van der Waals surface area (Å²) in [5.74, 6) is 3.08. The van der Waals surface area contributed by atoms with Crippen molar-refractivity contribution in [2.45, 2.75) is 44.2 Å². The van der Waals surface area contributed by atoms with Crippen molar-refractivity contribution in [3.63, 3.8) is 0 Å². The lowest BCUT2D eigenvalue weighted by atomic mass is 9.90. The molecule has 0 spiro atoms. The number of benzene rings is 1. The number of nitrogens with zero attached hydrogens (tertiary/aromatic N) is 5. The topological polar surface area (TPSA) is 74.5 Å². The van der Waals surface area contributed by atoms with Gasteiger partial charge in [-0.25, -0.2) is 4.68 Å². The molecule has 138 valence electrons. The van der Waals surface area contributed by atoms with E-state index in [9.17, 15) is 0 Å². The minimum atomic E-state index is -0.0567. The van der Waals surface area contributed by atoms with Crippen LogP contribution >= 0.6 is 0 Å².